The molecule has 0 saturated carbocycles. The monoisotopic (exact) mass is 593 g/mol. The molecule has 0 radical (unpaired) electrons. The molecule has 0 aromatic heterocycles. The number of aliphatic hydroxyl groups is 1. The number of cyclic esters (lactones) is 1. The molecule has 0 aliphatic carbocycles. The summed E-state index contributed by atoms with van der Waals surface area (Å²) in [5, 5.41) is 9.62. The van der Waals surface area contributed by atoms with Gasteiger partial charge in [0.25, 0.3) is 0 Å². The van der Waals surface area contributed by atoms with Gasteiger partial charge in [0.1, 0.15) is 23.7 Å². The van der Waals surface area contributed by atoms with Crippen molar-refractivity contribution in [1.82, 2.24) is 14.7 Å². The first-order valence-electron chi connectivity index (χ1n) is 15.5. The number of likely N-dealkylation sites (N-methyl/N-ethyl adjacent to an activating group) is 1. The summed E-state index contributed by atoms with van der Waals surface area (Å²) in [6, 6.07) is 7.84. The van der Waals surface area contributed by atoms with E-state index in [1.54, 1.807) is 22.9 Å². The van der Waals surface area contributed by atoms with Crippen LogP contribution >= 0.6 is 0 Å². The zero-order chi connectivity index (χ0) is 30.7. The summed E-state index contributed by atoms with van der Waals surface area (Å²) in [6.07, 6.45) is 8.35. The quantitative estimate of drug-likeness (QED) is 0.382. The Hall–Kier alpha value is -3.50. The number of amides is 3. The van der Waals surface area contributed by atoms with Gasteiger partial charge in [-0.25, -0.2) is 0 Å². The zero-order valence-electron chi connectivity index (χ0n) is 25.3. The lowest BCUT2D eigenvalue weighted by Gasteiger charge is -2.35. The summed E-state index contributed by atoms with van der Waals surface area (Å²) in [5.41, 5.74) is -0.638. The van der Waals surface area contributed by atoms with Crippen LogP contribution in [0.5, 0.6) is 0 Å². The molecule has 5 rings (SSSR count). The zero-order valence-corrected chi connectivity index (χ0v) is 25.3. The Bertz CT molecular complexity index is 1270. The number of benzene rings is 1. The minimum atomic E-state index is -1.37. The summed E-state index contributed by atoms with van der Waals surface area (Å²) in [7, 11) is 1.71. The van der Waals surface area contributed by atoms with Gasteiger partial charge in [0, 0.05) is 39.7 Å². The van der Waals surface area contributed by atoms with Crippen LogP contribution in [0, 0.1) is 11.8 Å². The minimum absolute atomic E-state index is 0.0757. The number of likely N-dealkylation sites (tertiary alicyclic amines) is 1. The molecule has 4 heterocycles. The maximum atomic E-state index is 14.3. The lowest BCUT2D eigenvalue weighted by atomic mass is 9.77. The van der Waals surface area contributed by atoms with E-state index in [4.69, 9.17) is 9.47 Å². The maximum Gasteiger partial charge on any atom is 0.313 e. The molecule has 1 N–H and O–H groups in total. The van der Waals surface area contributed by atoms with Gasteiger partial charge in [0.05, 0.1) is 18.1 Å². The van der Waals surface area contributed by atoms with Crippen molar-refractivity contribution in [3.05, 3.63) is 60.2 Å². The van der Waals surface area contributed by atoms with Crippen LogP contribution in [0.3, 0.4) is 0 Å². The Balaban J connectivity index is 1.58. The average Bonchev–Trinajstić information content (AvgIpc) is 3.40. The number of hydrogen-bond acceptors (Lipinski definition) is 7. The molecule has 0 unspecified atom stereocenters. The number of hydrogen-bond donors (Lipinski definition) is 1. The first-order valence-corrected chi connectivity index (χ1v) is 15.5. The second kappa shape index (κ2) is 13.0. The van der Waals surface area contributed by atoms with Gasteiger partial charge in [-0.05, 0) is 31.7 Å². The highest BCUT2D eigenvalue weighted by atomic mass is 16.6. The van der Waals surface area contributed by atoms with Gasteiger partial charge in [0.2, 0.25) is 17.7 Å². The fraction of sp³-hybridized carbons (Fsp3) is 0.576. The SMILES string of the molecule is CCCCN1CC=C[C@@]23O[C@H]4/C=C\CCC(=O)N(C)[C@@H](C)[C@H](c5ccccc5)OC(=O)[C@H]4[C@@H]2C(=O)N(CCCO)[C@H]3C1=O. The molecule has 4 aliphatic rings. The third kappa shape index (κ3) is 5.62. The normalized spacial score (nSPS) is 33.7. The van der Waals surface area contributed by atoms with Crippen molar-refractivity contribution in [1.29, 1.82) is 0 Å². The van der Waals surface area contributed by atoms with E-state index in [-0.39, 0.29) is 37.3 Å². The first-order chi connectivity index (χ1) is 20.7. The lowest BCUT2D eigenvalue weighted by Crippen LogP contribution is -2.55. The van der Waals surface area contributed by atoms with E-state index < -0.39 is 47.7 Å². The first kappa shape index (κ1) is 30.9. The summed E-state index contributed by atoms with van der Waals surface area (Å²) in [4.78, 5) is 60.6. The Labute approximate surface area is 253 Å². The number of esters is 1. The number of ether oxygens (including phenoxy) is 2. The van der Waals surface area contributed by atoms with Crippen molar-refractivity contribution in [2.24, 2.45) is 11.8 Å². The molecule has 232 valence electrons. The third-order valence-electron chi connectivity index (χ3n) is 9.35. The molecule has 2 fully saturated rings. The van der Waals surface area contributed by atoms with E-state index in [1.165, 1.54) is 4.90 Å². The van der Waals surface area contributed by atoms with Crippen molar-refractivity contribution in [3.8, 4) is 0 Å². The van der Waals surface area contributed by atoms with E-state index in [9.17, 15) is 24.3 Å². The van der Waals surface area contributed by atoms with Crippen LogP contribution < -0.4 is 0 Å². The van der Waals surface area contributed by atoms with E-state index >= 15 is 0 Å². The standard InChI is InChI=1S/C33H43N3O7/c1-4-5-18-35-19-11-17-33-27(30(39)36(20-12-21-37)29(33)31(35)40)26-24(43-33)15-9-10-16-25(38)34(3)22(2)28(42-32(26)41)23-13-7-6-8-14-23/h6-9,11,13-15,17,22,24,26-29,37H,4-5,10,12,16,18-21H2,1-3H3/b15-9-/t22-,24-,26+,27+,28+,29-,33+/m0/s1. The molecule has 10 heteroatoms. The molecular weight excluding hydrogens is 550 g/mol. The van der Waals surface area contributed by atoms with Crippen molar-refractivity contribution >= 4 is 23.7 Å². The summed E-state index contributed by atoms with van der Waals surface area (Å²) < 4.78 is 13.0. The van der Waals surface area contributed by atoms with Gasteiger partial charge in [-0.1, -0.05) is 68.0 Å². The number of nitrogens with zero attached hydrogens (tertiary/aromatic N) is 3. The Kier molecular flexibility index (Phi) is 9.36. The van der Waals surface area contributed by atoms with Crippen LogP contribution in [0.25, 0.3) is 0 Å². The number of rotatable bonds is 7. The van der Waals surface area contributed by atoms with E-state index in [0.29, 0.717) is 25.9 Å². The van der Waals surface area contributed by atoms with Crippen LogP contribution in [0.2, 0.25) is 0 Å². The van der Waals surface area contributed by atoms with Crippen LogP contribution in [-0.2, 0) is 28.7 Å². The van der Waals surface area contributed by atoms with Crippen molar-refractivity contribution in [2.45, 2.75) is 75.8 Å². The number of carbonyl (C=O) groups is 4. The molecule has 0 bridgehead atoms. The van der Waals surface area contributed by atoms with Gasteiger partial charge >= 0.3 is 5.97 Å². The molecule has 1 aromatic rings. The molecule has 1 spiro atoms. The highest BCUT2D eigenvalue weighted by Crippen LogP contribution is 2.53. The topological polar surface area (TPSA) is 117 Å². The highest BCUT2D eigenvalue weighted by molar-refractivity contribution is 5.99. The lowest BCUT2D eigenvalue weighted by molar-refractivity contribution is -0.164. The van der Waals surface area contributed by atoms with E-state index in [1.807, 2.05) is 55.5 Å². The van der Waals surface area contributed by atoms with Crippen molar-refractivity contribution in [2.75, 3.05) is 33.3 Å². The second-order valence-corrected chi connectivity index (χ2v) is 12.0. The van der Waals surface area contributed by atoms with Gasteiger partial charge in [-0.3, -0.25) is 19.2 Å². The smallest absolute Gasteiger partial charge is 0.313 e. The van der Waals surface area contributed by atoms with E-state index in [0.717, 1.165) is 18.4 Å². The Morgan fingerprint density at radius 1 is 1.02 bits per heavy atom. The second-order valence-electron chi connectivity index (χ2n) is 12.0. The number of allylic oxidation sites excluding steroid dienone is 1. The predicted molar refractivity (Wildman–Crippen MR) is 158 cm³/mol. The number of aliphatic hydroxyl groups excluding tert-OH is 1. The molecule has 43 heavy (non-hydrogen) atoms. The fourth-order valence-corrected chi connectivity index (χ4v) is 6.97. The minimum Gasteiger partial charge on any atom is -0.455 e. The van der Waals surface area contributed by atoms with Crippen molar-refractivity contribution < 1.29 is 33.8 Å². The summed E-state index contributed by atoms with van der Waals surface area (Å²) in [5.74, 6) is -3.25. The average molecular weight is 594 g/mol. The number of fused-ring (bicyclic) bond motifs is 2. The molecule has 7 atom stereocenters. The van der Waals surface area contributed by atoms with Gasteiger partial charge in [-0.2, -0.15) is 0 Å². The van der Waals surface area contributed by atoms with Crippen LogP contribution in [-0.4, -0.2) is 101 Å². The molecular formula is C33H43N3O7. The number of carbonyl (C=O) groups excluding carboxylic acids is 4. The molecule has 4 aliphatic heterocycles. The predicted octanol–water partition coefficient (Wildman–Crippen LogP) is 2.63. The maximum absolute atomic E-state index is 14.3. The Morgan fingerprint density at radius 3 is 2.51 bits per heavy atom. The summed E-state index contributed by atoms with van der Waals surface area (Å²) >= 11 is 0. The van der Waals surface area contributed by atoms with Crippen LogP contribution in [0.4, 0.5) is 0 Å². The van der Waals surface area contributed by atoms with Crippen LogP contribution in [0.1, 0.15) is 57.6 Å². The Morgan fingerprint density at radius 2 is 1.79 bits per heavy atom. The largest absolute Gasteiger partial charge is 0.455 e. The summed E-state index contributed by atoms with van der Waals surface area (Å²) in [6.45, 7) is 4.86. The number of unbranched alkanes of at least 4 members (excludes halogenated alkanes) is 1. The van der Waals surface area contributed by atoms with E-state index in [2.05, 4.69) is 6.92 Å². The van der Waals surface area contributed by atoms with Gasteiger partial charge in [-0.15, -0.1) is 0 Å². The van der Waals surface area contributed by atoms with Gasteiger partial charge < -0.3 is 29.3 Å². The van der Waals surface area contributed by atoms with Crippen LogP contribution in [0.15, 0.2) is 54.6 Å². The van der Waals surface area contributed by atoms with Crippen molar-refractivity contribution in [3.63, 3.8) is 0 Å². The highest BCUT2D eigenvalue weighted by Gasteiger charge is 2.71. The molecule has 10 nitrogen and oxygen atoms in total. The third-order valence-corrected chi connectivity index (χ3v) is 9.35. The van der Waals surface area contributed by atoms with Gasteiger partial charge in [0.15, 0.2) is 0 Å². The fourth-order valence-electron chi connectivity index (χ4n) is 6.97. The molecule has 1 aromatic carbocycles. The molecule has 2 saturated heterocycles. The molecule has 3 amide bonds.